The molecule has 1 fully saturated rings. The van der Waals surface area contributed by atoms with E-state index in [2.05, 4.69) is 5.32 Å². The van der Waals surface area contributed by atoms with Crippen molar-refractivity contribution in [3.8, 4) is 5.75 Å². The van der Waals surface area contributed by atoms with Gasteiger partial charge < -0.3 is 15.0 Å². The molecule has 0 spiro atoms. The smallest absolute Gasteiger partial charge is 0.261 e. The van der Waals surface area contributed by atoms with Crippen LogP contribution in [0.5, 0.6) is 5.75 Å². The van der Waals surface area contributed by atoms with Gasteiger partial charge in [0.2, 0.25) is 5.91 Å². The summed E-state index contributed by atoms with van der Waals surface area (Å²) in [6.45, 7) is 4.21. The van der Waals surface area contributed by atoms with Crippen molar-refractivity contribution in [3.63, 3.8) is 0 Å². The summed E-state index contributed by atoms with van der Waals surface area (Å²) in [5, 5.41) is 3.24. The molecule has 1 aliphatic rings. The van der Waals surface area contributed by atoms with E-state index in [0.717, 1.165) is 47.9 Å². The second-order valence-corrected chi connectivity index (χ2v) is 9.76. The van der Waals surface area contributed by atoms with Crippen LogP contribution in [0.1, 0.15) is 47.9 Å². The van der Waals surface area contributed by atoms with Crippen LogP contribution in [0, 0.1) is 13.8 Å². The fourth-order valence-electron chi connectivity index (χ4n) is 4.89. The first kappa shape index (κ1) is 25.5. The van der Waals surface area contributed by atoms with Gasteiger partial charge in [-0.3, -0.25) is 9.59 Å². The minimum atomic E-state index is -0.636. The van der Waals surface area contributed by atoms with Crippen molar-refractivity contribution >= 4 is 11.8 Å². The number of rotatable bonds is 10. The quantitative estimate of drug-likeness (QED) is 0.420. The first-order chi connectivity index (χ1) is 17.5. The molecule has 36 heavy (non-hydrogen) atoms. The Hall–Kier alpha value is -3.60. The standard InChI is InChI=1S/C31H36N2O3/c1-23-17-18-29(24(2)19-23)36-22-30(34)33(21-26-13-7-4-8-14-26)28(20-25-11-5-3-6-12-25)31(35)32-27-15-9-10-16-27/h3-8,11-14,17-19,27-28H,9-10,15-16,20-22H2,1-2H3,(H,32,35)/t28-/m0/s1. The summed E-state index contributed by atoms with van der Waals surface area (Å²) >= 11 is 0. The molecule has 3 aromatic rings. The third-order valence-corrected chi connectivity index (χ3v) is 6.85. The van der Waals surface area contributed by atoms with E-state index in [-0.39, 0.29) is 24.5 Å². The summed E-state index contributed by atoms with van der Waals surface area (Å²) in [7, 11) is 0. The molecule has 0 heterocycles. The average molecular weight is 485 g/mol. The van der Waals surface area contributed by atoms with Gasteiger partial charge in [-0.2, -0.15) is 0 Å². The number of nitrogens with one attached hydrogen (secondary N) is 1. The maximum Gasteiger partial charge on any atom is 0.261 e. The van der Waals surface area contributed by atoms with Crippen LogP contribution in [0.2, 0.25) is 0 Å². The highest BCUT2D eigenvalue weighted by atomic mass is 16.5. The third kappa shape index (κ3) is 6.97. The summed E-state index contributed by atoms with van der Waals surface area (Å²) in [6.07, 6.45) is 4.69. The monoisotopic (exact) mass is 484 g/mol. The van der Waals surface area contributed by atoms with Gasteiger partial charge in [0, 0.05) is 19.0 Å². The van der Waals surface area contributed by atoms with E-state index in [0.29, 0.717) is 18.7 Å². The fourth-order valence-corrected chi connectivity index (χ4v) is 4.89. The van der Waals surface area contributed by atoms with E-state index >= 15 is 0 Å². The topological polar surface area (TPSA) is 58.6 Å². The van der Waals surface area contributed by atoms with Gasteiger partial charge in [-0.1, -0.05) is 91.2 Å². The molecule has 188 valence electrons. The van der Waals surface area contributed by atoms with Crippen molar-refractivity contribution in [1.29, 1.82) is 0 Å². The van der Waals surface area contributed by atoms with Crippen molar-refractivity contribution in [3.05, 3.63) is 101 Å². The van der Waals surface area contributed by atoms with Crippen LogP contribution in [0.3, 0.4) is 0 Å². The highest BCUT2D eigenvalue weighted by Gasteiger charge is 2.32. The molecule has 1 saturated carbocycles. The number of carbonyl (C=O) groups is 2. The minimum absolute atomic E-state index is 0.0958. The van der Waals surface area contributed by atoms with E-state index in [9.17, 15) is 9.59 Å². The molecule has 0 aliphatic heterocycles. The Morgan fingerprint density at radius 2 is 1.56 bits per heavy atom. The predicted octanol–water partition coefficient (Wildman–Crippen LogP) is 5.38. The van der Waals surface area contributed by atoms with E-state index in [1.165, 1.54) is 0 Å². The predicted molar refractivity (Wildman–Crippen MR) is 143 cm³/mol. The number of hydrogen-bond acceptors (Lipinski definition) is 3. The Morgan fingerprint density at radius 3 is 2.19 bits per heavy atom. The molecule has 5 heteroatoms. The lowest BCUT2D eigenvalue weighted by molar-refractivity contribution is -0.143. The Balaban J connectivity index is 1.60. The summed E-state index contributed by atoms with van der Waals surface area (Å²) in [5.74, 6) is 0.381. The molecule has 1 aliphatic carbocycles. The molecular formula is C31H36N2O3. The van der Waals surface area contributed by atoms with Gasteiger partial charge in [-0.05, 0) is 49.4 Å². The maximum absolute atomic E-state index is 13.7. The Morgan fingerprint density at radius 1 is 0.917 bits per heavy atom. The summed E-state index contributed by atoms with van der Waals surface area (Å²) in [4.78, 5) is 29.0. The summed E-state index contributed by atoms with van der Waals surface area (Å²) in [5.41, 5.74) is 4.12. The van der Waals surface area contributed by atoms with Gasteiger partial charge in [-0.15, -0.1) is 0 Å². The summed E-state index contributed by atoms with van der Waals surface area (Å²) < 4.78 is 5.96. The highest BCUT2D eigenvalue weighted by molar-refractivity contribution is 5.88. The largest absolute Gasteiger partial charge is 0.483 e. The van der Waals surface area contributed by atoms with E-state index in [1.807, 2.05) is 92.7 Å². The van der Waals surface area contributed by atoms with Crippen LogP contribution in [-0.4, -0.2) is 35.4 Å². The zero-order valence-electron chi connectivity index (χ0n) is 21.3. The molecular weight excluding hydrogens is 448 g/mol. The van der Waals surface area contributed by atoms with Gasteiger partial charge in [0.25, 0.3) is 5.91 Å². The normalized spacial score (nSPS) is 14.3. The fraction of sp³-hybridized carbons (Fsp3) is 0.355. The zero-order chi connectivity index (χ0) is 25.3. The Labute approximate surface area is 214 Å². The van der Waals surface area contributed by atoms with E-state index < -0.39 is 6.04 Å². The molecule has 0 saturated heterocycles. The lowest BCUT2D eigenvalue weighted by atomic mass is 10.0. The average Bonchev–Trinajstić information content (AvgIpc) is 3.39. The highest BCUT2D eigenvalue weighted by Crippen LogP contribution is 2.22. The number of carbonyl (C=O) groups excluding carboxylic acids is 2. The van der Waals surface area contributed by atoms with Crippen LogP contribution in [-0.2, 0) is 22.6 Å². The molecule has 1 N–H and O–H groups in total. The molecule has 2 amide bonds. The molecule has 1 atom stereocenters. The number of hydrogen-bond donors (Lipinski definition) is 1. The van der Waals surface area contributed by atoms with Crippen LogP contribution in [0.25, 0.3) is 0 Å². The first-order valence-corrected chi connectivity index (χ1v) is 12.9. The molecule has 5 nitrogen and oxygen atoms in total. The van der Waals surface area contributed by atoms with Gasteiger partial charge in [0.15, 0.2) is 6.61 Å². The molecule has 0 bridgehead atoms. The van der Waals surface area contributed by atoms with Crippen LogP contribution >= 0.6 is 0 Å². The van der Waals surface area contributed by atoms with Crippen LogP contribution in [0.15, 0.2) is 78.9 Å². The van der Waals surface area contributed by atoms with E-state index in [1.54, 1.807) is 4.90 Å². The SMILES string of the molecule is Cc1ccc(OCC(=O)N(Cc2ccccc2)[C@@H](Cc2ccccc2)C(=O)NC2CCCC2)c(C)c1. The lowest BCUT2D eigenvalue weighted by Crippen LogP contribution is -2.53. The lowest BCUT2D eigenvalue weighted by Gasteiger charge is -2.32. The van der Waals surface area contributed by atoms with Crippen molar-refractivity contribution in [2.75, 3.05) is 6.61 Å². The molecule has 3 aromatic carbocycles. The van der Waals surface area contributed by atoms with Crippen molar-refractivity contribution < 1.29 is 14.3 Å². The number of amides is 2. The number of ether oxygens (including phenoxy) is 1. The Kier molecular flexibility index (Phi) is 8.77. The second-order valence-electron chi connectivity index (χ2n) is 9.76. The van der Waals surface area contributed by atoms with Crippen LogP contribution < -0.4 is 10.1 Å². The molecule has 0 aromatic heterocycles. The third-order valence-electron chi connectivity index (χ3n) is 6.85. The molecule has 0 unspecified atom stereocenters. The van der Waals surface area contributed by atoms with Crippen LogP contribution in [0.4, 0.5) is 0 Å². The second kappa shape index (κ2) is 12.4. The van der Waals surface area contributed by atoms with Gasteiger partial charge in [0.05, 0.1) is 0 Å². The Bertz CT molecular complexity index is 1140. The first-order valence-electron chi connectivity index (χ1n) is 12.9. The van der Waals surface area contributed by atoms with Gasteiger partial charge in [-0.25, -0.2) is 0 Å². The zero-order valence-corrected chi connectivity index (χ0v) is 21.3. The van der Waals surface area contributed by atoms with Crippen molar-refractivity contribution in [1.82, 2.24) is 10.2 Å². The number of aryl methyl sites for hydroxylation is 2. The van der Waals surface area contributed by atoms with Gasteiger partial charge in [0.1, 0.15) is 11.8 Å². The molecule has 4 rings (SSSR count). The van der Waals surface area contributed by atoms with E-state index in [4.69, 9.17) is 4.74 Å². The minimum Gasteiger partial charge on any atom is -0.483 e. The van der Waals surface area contributed by atoms with Gasteiger partial charge >= 0.3 is 0 Å². The van der Waals surface area contributed by atoms with Crippen molar-refractivity contribution in [2.45, 2.75) is 64.6 Å². The summed E-state index contributed by atoms with van der Waals surface area (Å²) in [6, 6.07) is 25.2. The number of benzene rings is 3. The van der Waals surface area contributed by atoms with Crippen molar-refractivity contribution in [2.24, 2.45) is 0 Å². The molecule has 0 radical (unpaired) electrons. The maximum atomic E-state index is 13.7. The number of nitrogens with zero attached hydrogens (tertiary/aromatic N) is 1.